The van der Waals surface area contributed by atoms with Crippen molar-refractivity contribution >= 4 is 11.5 Å². The molecule has 1 saturated heterocycles. The summed E-state index contributed by atoms with van der Waals surface area (Å²) in [6.45, 7) is 7.66. The first-order chi connectivity index (χ1) is 14.7. The van der Waals surface area contributed by atoms with Crippen molar-refractivity contribution in [3.8, 4) is 22.8 Å². The van der Waals surface area contributed by atoms with E-state index in [1.54, 1.807) is 14.2 Å². The summed E-state index contributed by atoms with van der Waals surface area (Å²) in [5, 5.41) is 8.32. The second-order valence-corrected chi connectivity index (χ2v) is 7.39. The van der Waals surface area contributed by atoms with Gasteiger partial charge in [0.1, 0.15) is 5.82 Å². The van der Waals surface area contributed by atoms with Gasteiger partial charge in [0.25, 0.3) is 0 Å². The van der Waals surface area contributed by atoms with Crippen molar-refractivity contribution in [2.75, 3.05) is 58.9 Å². The highest BCUT2D eigenvalue weighted by atomic mass is 16.5. The standard InChI is InChI=1S/C22H29N5O3/c1-16-13-21(23-7-4-8-26-9-11-30-12-10-26)27-22(24-16)15-18(25-27)17-5-6-19(28-2)20(14-17)29-3/h5-6,13-15,23H,4,7-12H2,1-3H3. The second kappa shape index (κ2) is 9.32. The molecule has 3 aromatic rings. The molecular formula is C22H29N5O3. The molecular weight excluding hydrogens is 382 g/mol. The van der Waals surface area contributed by atoms with Gasteiger partial charge in [-0.05, 0) is 38.1 Å². The van der Waals surface area contributed by atoms with E-state index >= 15 is 0 Å². The zero-order valence-electron chi connectivity index (χ0n) is 17.9. The van der Waals surface area contributed by atoms with Crippen LogP contribution in [0.2, 0.25) is 0 Å². The lowest BCUT2D eigenvalue weighted by atomic mass is 10.1. The second-order valence-electron chi connectivity index (χ2n) is 7.39. The molecule has 8 heteroatoms. The number of hydrogen-bond acceptors (Lipinski definition) is 7. The van der Waals surface area contributed by atoms with Crippen LogP contribution in [0.4, 0.5) is 5.82 Å². The lowest BCUT2D eigenvalue weighted by Crippen LogP contribution is -2.37. The molecule has 0 saturated carbocycles. The third-order valence-corrected chi connectivity index (χ3v) is 5.30. The highest BCUT2D eigenvalue weighted by Crippen LogP contribution is 2.32. The maximum Gasteiger partial charge on any atom is 0.161 e. The van der Waals surface area contributed by atoms with Gasteiger partial charge in [0, 0.05) is 43.0 Å². The summed E-state index contributed by atoms with van der Waals surface area (Å²) >= 11 is 0. The Kier molecular flexibility index (Phi) is 6.35. The number of ether oxygens (including phenoxy) is 3. The fourth-order valence-corrected chi connectivity index (χ4v) is 3.71. The number of benzene rings is 1. The molecule has 4 rings (SSSR count). The minimum absolute atomic E-state index is 0.678. The minimum Gasteiger partial charge on any atom is -0.493 e. The van der Waals surface area contributed by atoms with Crippen LogP contribution in [0.3, 0.4) is 0 Å². The number of aromatic nitrogens is 3. The average Bonchev–Trinajstić information content (AvgIpc) is 3.21. The topological polar surface area (TPSA) is 73.2 Å². The monoisotopic (exact) mass is 411 g/mol. The van der Waals surface area contributed by atoms with E-state index in [0.717, 1.165) is 74.2 Å². The fraction of sp³-hybridized carbons (Fsp3) is 0.455. The van der Waals surface area contributed by atoms with Crippen LogP contribution in [0.1, 0.15) is 12.1 Å². The van der Waals surface area contributed by atoms with Crippen molar-refractivity contribution < 1.29 is 14.2 Å². The summed E-state index contributed by atoms with van der Waals surface area (Å²) in [5.41, 5.74) is 3.56. The predicted octanol–water partition coefficient (Wildman–Crippen LogP) is 2.86. The van der Waals surface area contributed by atoms with Crippen LogP contribution in [0, 0.1) is 6.92 Å². The molecule has 8 nitrogen and oxygen atoms in total. The molecule has 0 atom stereocenters. The Bertz CT molecular complexity index is 998. The first kappa shape index (κ1) is 20.4. The number of morpholine rings is 1. The molecule has 1 fully saturated rings. The van der Waals surface area contributed by atoms with Gasteiger partial charge in [0.05, 0.1) is 33.1 Å². The number of rotatable bonds is 8. The number of hydrogen-bond donors (Lipinski definition) is 1. The maximum absolute atomic E-state index is 5.43. The van der Waals surface area contributed by atoms with Crippen LogP contribution >= 0.6 is 0 Å². The molecule has 0 amide bonds. The molecule has 2 aromatic heterocycles. The molecule has 0 unspecified atom stereocenters. The summed E-state index contributed by atoms with van der Waals surface area (Å²) in [6, 6.07) is 9.83. The van der Waals surface area contributed by atoms with Crippen molar-refractivity contribution in [2.45, 2.75) is 13.3 Å². The van der Waals surface area contributed by atoms with Gasteiger partial charge in [0.15, 0.2) is 17.1 Å². The van der Waals surface area contributed by atoms with Crippen LogP contribution in [0.25, 0.3) is 16.9 Å². The van der Waals surface area contributed by atoms with Gasteiger partial charge in [-0.3, -0.25) is 4.90 Å². The zero-order valence-corrected chi connectivity index (χ0v) is 17.9. The van der Waals surface area contributed by atoms with Gasteiger partial charge < -0.3 is 19.5 Å². The molecule has 3 heterocycles. The summed E-state index contributed by atoms with van der Waals surface area (Å²) < 4.78 is 18.0. The number of methoxy groups -OCH3 is 2. The van der Waals surface area contributed by atoms with Crippen molar-refractivity contribution in [3.05, 3.63) is 36.0 Å². The molecule has 1 aliphatic rings. The lowest BCUT2D eigenvalue weighted by molar-refractivity contribution is 0.0378. The Labute approximate surface area is 176 Å². The van der Waals surface area contributed by atoms with E-state index < -0.39 is 0 Å². The molecule has 1 N–H and O–H groups in total. The molecule has 160 valence electrons. The van der Waals surface area contributed by atoms with Gasteiger partial charge in [-0.2, -0.15) is 9.61 Å². The van der Waals surface area contributed by atoms with Gasteiger partial charge in [0.2, 0.25) is 0 Å². The normalized spacial score (nSPS) is 14.8. The van der Waals surface area contributed by atoms with E-state index in [0.29, 0.717) is 11.5 Å². The van der Waals surface area contributed by atoms with Crippen molar-refractivity contribution in [3.63, 3.8) is 0 Å². The highest BCUT2D eigenvalue weighted by Gasteiger charge is 2.13. The zero-order chi connectivity index (χ0) is 20.9. The Hall–Kier alpha value is -2.84. The Morgan fingerprint density at radius 2 is 1.87 bits per heavy atom. The molecule has 30 heavy (non-hydrogen) atoms. The van der Waals surface area contributed by atoms with E-state index in [4.69, 9.17) is 19.3 Å². The quantitative estimate of drug-likeness (QED) is 0.572. The Morgan fingerprint density at radius 1 is 1.07 bits per heavy atom. The number of nitrogens with one attached hydrogen (secondary N) is 1. The van der Waals surface area contributed by atoms with E-state index in [9.17, 15) is 0 Å². The largest absolute Gasteiger partial charge is 0.493 e. The Balaban J connectivity index is 1.51. The van der Waals surface area contributed by atoms with Gasteiger partial charge in [-0.25, -0.2) is 4.98 Å². The maximum atomic E-state index is 5.43. The SMILES string of the molecule is COc1ccc(-c2cc3nc(C)cc(NCCCN4CCOCC4)n3n2)cc1OC. The molecule has 0 radical (unpaired) electrons. The molecule has 1 aliphatic heterocycles. The number of fused-ring (bicyclic) bond motifs is 1. The molecule has 0 aliphatic carbocycles. The third kappa shape index (κ3) is 4.49. The fourth-order valence-electron chi connectivity index (χ4n) is 3.71. The summed E-state index contributed by atoms with van der Waals surface area (Å²) in [4.78, 5) is 7.09. The lowest BCUT2D eigenvalue weighted by Gasteiger charge is -2.26. The predicted molar refractivity (Wildman–Crippen MR) is 117 cm³/mol. The number of nitrogens with zero attached hydrogens (tertiary/aromatic N) is 4. The minimum atomic E-state index is 0.678. The van der Waals surface area contributed by atoms with Crippen LogP contribution in [0.15, 0.2) is 30.3 Å². The average molecular weight is 412 g/mol. The van der Waals surface area contributed by atoms with E-state index in [1.165, 1.54) is 0 Å². The van der Waals surface area contributed by atoms with Crippen molar-refractivity contribution in [1.82, 2.24) is 19.5 Å². The first-order valence-electron chi connectivity index (χ1n) is 10.3. The van der Waals surface area contributed by atoms with Gasteiger partial charge >= 0.3 is 0 Å². The van der Waals surface area contributed by atoms with E-state index in [-0.39, 0.29) is 0 Å². The van der Waals surface area contributed by atoms with Crippen LogP contribution in [-0.2, 0) is 4.74 Å². The third-order valence-electron chi connectivity index (χ3n) is 5.30. The van der Waals surface area contributed by atoms with E-state index in [2.05, 4.69) is 15.2 Å². The van der Waals surface area contributed by atoms with Crippen LogP contribution in [0.5, 0.6) is 11.5 Å². The van der Waals surface area contributed by atoms with Crippen molar-refractivity contribution in [2.24, 2.45) is 0 Å². The van der Waals surface area contributed by atoms with Gasteiger partial charge in [-0.15, -0.1) is 0 Å². The van der Waals surface area contributed by atoms with Crippen LogP contribution in [-0.4, -0.2) is 73.1 Å². The highest BCUT2D eigenvalue weighted by molar-refractivity contribution is 5.68. The smallest absolute Gasteiger partial charge is 0.161 e. The van der Waals surface area contributed by atoms with E-state index in [1.807, 2.05) is 41.8 Å². The number of anilines is 1. The summed E-state index contributed by atoms with van der Waals surface area (Å²) in [7, 11) is 3.27. The van der Waals surface area contributed by atoms with Gasteiger partial charge in [-0.1, -0.05) is 0 Å². The molecule has 0 spiro atoms. The number of aryl methyl sites for hydroxylation is 1. The van der Waals surface area contributed by atoms with Crippen LogP contribution < -0.4 is 14.8 Å². The van der Waals surface area contributed by atoms with Crippen molar-refractivity contribution in [1.29, 1.82) is 0 Å². The summed E-state index contributed by atoms with van der Waals surface area (Å²) in [6.07, 6.45) is 1.06. The Morgan fingerprint density at radius 3 is 2.63 bits per heavy atom. The molecule has 0 bridgehead atoms. The summed E-state index contributed by atoms with van der Waals surface area (Å²) in [5.74, 6) is 2.32. The molecule has 1 aromatic carbocycles. The first-order valence-corrected chi connectivity index (χ1v) is 10.3.